The zero-order chi connectivity index (χ0) is 12.1. The summed E-state index contributed by atoms with van der Waals surface area (Å²) in [5, 5.41) is 9.14. The molecule has 1 aliphatic rings. The van der Waals surface area contributed by atoms with E-state index in [1.807, 2.05) is 6.07 Å². The summed E-state index contributed by atoms with van der Waals surface area (Å²) in [5.74, 6) is 0.243. The van der Waals surface area contributed by atoms with Gasteiger partial charge in [-0.1, -0.05) is 0 Å². The summed E-state index contributed by atoms with van der Waals surface area (Å²) >= 11 is 0. The highest BCUT2D eigenvalue weighted by Crippen LogP contribution is 2.08. The highest BCUT2D eigenvalue weighted by molar-refractivity contribution is 5.17. The van der Waals surface area contributed by atoms with E-state index in [0.29, 0.717) is 0 Å². The summed E-state index contributed by atoms with van der Waals surface area (Å²) in [4.78, 5) is 9.08. The molecule has 0 atom stereocenters. The Morgan fingerprint density at radius 1 is 1.24 bits per heavy atom. The van der Waals surface area contributed by atoms with E-state index in [1.165, 1.54) is 32.4 Å². The largest absolute Gasteiger partial charge is 0.506 e. The van der Waals surface area contributed by atoms with Crippen molar-refractivity contribution in [1.82, 2.24) is 14.8 Å². The number of piperazine rings is 1. The van der Waals surface area contributed by atoms with Crippen LogP contribution < -0.4 is 0 Å². The van der Waals surface area contributed by atoms with Gasteiger partial charge in [0.25, 0.3) is 0 Å². The molecule has 1 fully saturated rings. The summed E-state index contributed by atoms with van der Waals surface area (Å²) in [6.45, 7) is 5.87. The molecule has 2 heterocycles. The van der Waals surface area contributed by atoms with Crippen LogP contribution in [0.15, 0.2) is 18.3 Å². The summed E-state index contributed by atoms with van der Waals surface area (Å²) in [7, 11) is 2.18. The molecule has 0 bridgehead atoms. The Kier molecular flexibility index (Phi) is 4.34. The van der Waals surface area contributed by atoms with Gasteiger partial charge in [0.2, 0.25) is 0 Å². The van der Waals surface area contributed by atoms with Crippen molar-refractivity contribution in [2.45, 2.75) is 12.8 Å². The minimum absolute atomic E-state index is 0.243. The van der Waals surface area contributed by atoms with Crippen LogP contribution in [0.4, 0.5) is 0 Å². The van der Waals surface area contributed by atoms with E-state index in [4.69, 9.17) is 5.11 Å². The summed E-state index contributed by atoms with van der Waals surface area (Å²) in [6, 6.07) is 3.61. The lowest BCUT2D eigenvalue weighted by Gasteiger charge is -2.32. The Labute approximate surface area is 103 Å². The van der Waals surface area contributed by atoms with Gasteiger partial charge in [0, 0.05) is 31.9 Å². The number of rotatable bonds is 4. The minimum Gasteiger partial charge on any atom is -0.506 e. The van der Waals surface area contributed by atoms with Gasteiger partial charge in [-0.25, -0.2) is 0 Å². The molecule has 0 aromatic carbocycles. The molecule has 0 aliphatic carbocycles. The fourth-order valence-corrected chi connectivity index (χ4v) is 2.12. The fourth-order valence-electron chi connectivity index (χ4n) is 2.12. The lowest BCUT2D eigenvalue weighted by molar-refractivity contribution is 0.153. The maximum atomic E-state index is 9.14. The molecule has 1 aromatic rings. The number of pyridine rings is 1. The van der Waals surface area contributed by atoms with Gasteiger partial charge >= 0.3 is 0 Å². The molecule has 0 saturated carbocycles. The molecule has 4 heteroatoms. The number of aryl methyl sites for hydroxylation is 1. The Hall–Kier alpha value is -1.13. The van der Waals surface area contributed by atoms with Crippen LogP contribution in [0.3, 0.4) is 0 Å². The van der Waals surface area contributed by atoms with Crippen molar-refractivity contribution < 1.29 is 5.11 Å². The standard InChI is InChI=1S/C13H21N3O/c1-15-7-9-16(10-8-15)6-2-3-12-4-5-13(17)11-14-12/h4-5,11,17H,2-3,6-10H2,1H3. The van der Waals surface area contributed by atoms with Crippen LogP contribution in [-0.2, 0) is 6.42 Å². The van der Waals surface area contributed by atoms with Gasteiger partial charge in [-0.05, 0) is 38.6 Å². The second-order valence-corrected chi connectivity index (χ2v) is 4.76. The third-order valence-electron chi connectivity index (χ3n) is 3.31. The highest BCUT2D eigenvalue weighted by atomic mass is 16.3. The molecule has 0 unspecified atom stereocenters. The Bertz CT molecular complexity index is 331. The third kappa shape index (κ3) is 3.98. The molecule has 17 heavy (non-hydrogen) atoms. The second kappa shape index (κ2) is 5.98. The lowest BCUT2D eigenvalue weighted by atomic mass is 10.2. The molecule has 1 aromatic heterocycles. The normalized spacial score (nSPS) is 18.4. The molecule has 4 nitrogen and oxygen atoms in total. The van der Waals surface area contributed by atoms with Crippen molar-refractivity contribution in [3.63, 3.8) is 0 Å². The van der Waals surface area contributed by atoms with Crippen molar-refractivity contribution in [3.05, 3.63) is 24.0 Å². The van der Waals surface area contributed by atoms with Crippen LogP contribution in [0.1, 0.15) is 12.1 Å². The molecular weight excluding hydrogens is 214 g/mol. The summed E-state index contributed by atoms with van der Waals surface area (Å²) < 4.78 is 0. The van der Waals surface area contributed by atoms with Crippen molar-refractivity contribution in [1.29, 1.82) is 0 Å². The average Bonchev–Trinajstić information content (AvgIpc) is 2.34. The van der Waals surface area contributed by atoms with Crippen LogP contribution in [0.2, 0.25) is 0 Å². The minimum atomic E-state index is 0.243. The van der Waals surface area contributed by atoms with Crippen molar-refractivity contribution in [2.24, 2.45) is 0 Å². The van der Waals surface area contributed by atoms with Crippen molar-refractivity contribution in [3.8, 4) is 5.75 Å². The summed E-state index contributed by atoms with van der Waals surface area (Å²) in [6.07, 6.45) is 3.65. The van der Waals surface area contributed by atoms with E-state index in [9.17, 15) is 0 Å². The van der Waals surface area contributed by atoms with Crippen LogP contribution in [0, 0.1) is 0 Å². The SMILES string of the molecule is CN1CCN(CCCc2ccc(O)cn2)CC1. The van der Waals surface area contributed by atoms with E-state index < -0.39 is 0 Å². The molecular formula is C13H21N3O. The molecule has 1 aliphatic heterocycles. The first-order valence-electron chi connectivity index (χ1n) is 6.29. The maximum Gasteiger partial charge on any atom is 0.133 e. The van der Waals surface area contributed by atoms with E-state index >= 15 is 0 Å². The van der Waals surface area contributed by atoms with Crippen LogP contribution in [0.5, 0.6) is 5.75 Å². The van der Waals surface area contributed by atoms with E-state index in [-0.39, 0.29) is 5.75 Å². The molecule has 0 spiro atoms. The molecule has 1 saturated heterocycles. The first-order chi connectivity index (χ1) is 8.24. The predicted molar refractivity (Wildman–Crippen MR) is 68.2 cm³/mol. The number of aromatic hydroxyl groups is 1. The van der Waals surface area contributed by atoms with Gasteiger partial charge in [0.05, 0.1) is 6.20 Å². The number of hydrogen-bond donors (Lipinski definition) is 1. The zero-order valence-corrected chi connectivity index (χ0v) is 10.5. The lowest BCUT2D eigenvalue weighted by Crippen LogP contribution is -2.44. The molecule has 0 amide bonds. The van der Waals surface area contributed by atoms with Gasteiger partial charge in [-0.2, -0.15) is 0 Å². The Morgan fingerprint density at radius 2 is 2.00 bits per heavy atom. The van der Waals surface area contributed by atoms with Crippen LogP contribution in [-0.4, -0.2) is 59.7 Å². The smallest absolute Gasteiger partial charge is 0.133 e. The fraction of sp³-hybridized carbons (Fsp3) is 0.615. The first kappa shape index (κ1) is 12.3. The Morgan fingerprint density at radius 3 is 2.65 bits per heavy atom. The molecule has 94 valence electrons. The highest BCUT2D eigenvalue weighted by Gasteiger charge is 2.12. The average molecular weight is 235 g/mol. The van der Waals surface area contributed by atoms with Crippen molar-refractivity contribution >= 4 is 0 Å². The van der Waals surface area contributed by atoms with Crippen molar-refractivity contribution in [2.75, 3.05) is 39.8 Å². The molecule has 2 rings (SSSR count). The predicted octanol–water partition coefficient (Wildman–Crippen LogP) is 0.967. The Balaban J connectivity index is 1.67. The zero-order valence-electron chi connectivity index (χ0n) is 10.5. The van der Waals surface area contributed by atoms with E-state index in [2.05, 4.69) is 21.8 Å². The topological polar surface area (TPSA) is 39.6 Å². The quantitative estimate of drug-likeness (QED) is 0.844. The molecule has 1 N–H and O–H groups in total. The van der Waals surface area contributed by atoms with Gasteiger partial charge in [0.1, 0.15) is 5.75 Å². The number of hydrogen-bond acceptors (Lipinski definition) is 4. The van der Waals surface area contributed by atoms with Gasteiger partial charge < -0.3 is 14.9 Å². The third-order valence-corrected chi connectivity index (χ3v) is 3.31. The molecule has 0 radical (unpaired) electrons. The van der Waals surface area contributed by atoms with Gasteiger partial charge in [0.15, 0.2) is 0 Å². The van der Waals surface area contributed by atoms with Gasteiger partial charge in [-0.15, -0.1) is 0 Å². The number of likely N-dealkylation sites (N-methyl/N-ethyl adjacent to an activating group) is 1. The van der Waals surface area contributed by atoms with Gasteiger partial charge in [-0.3, -0.25) is 4.98 Å². The van der Waals surface area contributed by atoms with E-state index in [0.717, 1.165) is 25.1 Å². The van der Waals surface area contributed by atoms with Crippen LogP contribution in [0.25, 0.3) is 0 Å². The monoisotopic (exact) mass is 235 g/mol. The van der Waals surface area contributed by atoms with Crippen LogP contribution >= 0.6 is 0 Å². The number of nitrogens with zero attached hydrogens (tertiary/aromatic N) is 3. The number of aromatic nitrogens is 1. The maximum absolute atomic E-state index is 9.14. The second-order valence-electron chi connectivity index (χ2n) is 4.76. The summed E-state index contributed by atoms with van der Waals surface area (Å²) in [5.41, 5.74) is 1.07. The van der Waals surface area contributed by atoms with E-state index in [1.54, 1.807) is 6.07 Å². The first-order valence-corrected chi connectivity index (χ1v) is 6.29.